The zero-order chi connectivity index (χ0) is 20.0. The number of ether oxygens (including phenoxy) is 1. The molecule has 0 aromatic heterocycles. The number of carbonyl (C=O) groups excluding carboxylic acids is 3. The molecule has 0 aliphatic carbocycles. The standard InChI is InChI=1S/C19H18F2N2O4/c1-3-27-19(26)14-6-4-5-7-17(14)22-18(25)11-23(12(2)24)13-8-9-15(20)16(21)10-13/h4-10H,3,11H2,1-2H3,(H,22,25). The average molecular weight is 376 g/mol. The van der Waals surface area contributed by atoms with Gasteiger partial charge in [-0.15, -0.1) is 0 Å². The Kier molecular flexibility index (Phi) is 6.59. The molecule has 0 spiro atoms. The molecule has 0 radical (unpaired) electrons. The molecular formula is C19H18F2N2O4. The number of nitrogens with zero attached hydrogens (tertiary/aromatic N) is 1. The maximum absolute atomic E-state index is 13.4. The Morgan fingerprint density at radius 2 is 1.78 bits per heavy atom. The summed E-state index contributed by atoms with van der Waals surface area (Å²) in [6.45, 7) is 2.58. The van der Waals surface area contributed by atoms with Gasteiger partial charge in [0, 0.05) is 18.7 Å². The second-order valence-electron chi connectivity index (χ2n) is 5.52. The fourth-order valence-electron chi connectivity index (χ4n) is 2.35. The number of para-hydroxylation sites is 1. The van der Waals surface area contributed by atoms with E-state index in [4.69, 9.17) is 4.74 Å². The summed E-state index contributed by atoms with van der Waals surface area (Å²) in [5.74, 6) is -3.94. The van der Waals surface area contributed by atoms with Gasteiger partial charge in [0.05, 0.1) is 17.9 Å². The van der Waals surface area contributed by atoms with E-state index in [1.54, 1.807) is 19.1 Å². The molecule has 2 aromatic rings. The fraction of sp³-hybridized carbons (Fsp3) is 0.211. The molecule has 0 unspecified atom stereocenters. The van der Waals surface area contributed by atoms with Crippen molar-refractivity contribution in [1.29, 1.82) is 0 Å². The van der Waals surface area contributed by atoms with E-state index in [0.717, 1.165) is 17.0 Å². The summed E-state index contributed by atoms with van der Waals surface area (Å²) in [6, 6.07) is 9.14. The van der Waals surface area contributed by atoms with Gasteiger partial charge in [-0.1, -0.05) is 12.1 Å². The first-order valence-electron chi connectivity index (χ1n) is 8.12. The Morgan fingerprint density at radius 1 is 1.07 bits per heavy atom. The van der Waals surface area contributed by atoms with Crippen LogP contribution in [0.25, 0.3) is 0 Å². The normalized spacial score (nSPS) is 10.2. The molecule has 0 aliphatic heterocycles. The van der Waals surface area contributed by atoms with Gasteiger partial charge < -0.3 is 15.0 Å². The number of esters is 1. The number of hydrogen-bond donors (Lipinski definition) is 1. The SMILES string of the molecule is CCOC(=O)c1ccccc1NC(=O)CN(C(C)=O)c1ccc(F)c(F)c1. The second kappa shape index (κ2) is 8.88. The van der Waals surface area contributed by atoms with Crippen molar-refractivity contribution in [3.63, 3.8) is 0 Å². The Labute approximate surface area is 154 Å². The molecule has 2 rings (SSSR count). The molecule has 2 aromatic carbocycles. The number of carbonyl (C=O) groups is 3. The Hall–Kier alpha value is -3.29. The minimum absolute atomic E-state index is 0.0372. The highest BCUT2D eigenvalue weighted by Crippen LogP contribution is 2.20. The minimum Gasteiger partial charge on any atom is -0.462 e. The molecule has 0 aliphatic rings. The van der Waals surface area contributed by atoms with Crippen molar-refractivity contribution < 1.29 is 27.9 Å². The maximum atomic E-state index is 13.4. The van der Waals surface area contributed by atoms with Crippen LogP contribution in [0, 0.1) is 11.6 Å². The van der Waals surface area contributed by atoms with Crippen molar-refractivity contribution in [3.8, 4) is 0 Å². The summed E-state index contributed by atoms with van der Waals surface area (Å²) in [5.41, 5.74) is 0.417. The summed E-state index contributed by atoms with van der Waals surface area (Å²) in [6.07, 6.45) is 0. The Balaban J connectivity index is 2.19. The molecule has 6 nitrogen and oxygen atoms in total. The van der Waals surface area contributed by atoms with E-state index in [2.05, 4.69) is 5.32 Å². The van der Waals surface area contributed by atoms with Crippen molar-refractivity contribution in [3.05, 3.63) is 59.7 Å². The van der Waals surface area contributed by atoms with Gasteiger partial charge in [-0.2, -0.15) is 0 Å². The lowest BCUT2D eigenvalue weighted by Gasteiger charge is -2.21. The smallest absolute Gasteiger partial charge is 0.340 e. The van der Waals surface area contributed by atoms with E-state index in [1.165, 1.54) is 25.1 Å². The average Bonchev–Trinajstić information content (AvgIpc) is 2.62. The topological polar surface area (TPSA) is 75.7 Å². The molecule has 0 heterocycles. The van der Waals surface area contributed by atoms with Crippen LogP contribution in [0.15, 0.2) is 42.5 Å². The van der Waals surface area contributed by atoms with Crippen molar-refractivity contribution in [1.82, 2.24) is 0 Å². The van der Waals surface area contributed by atoms with E-state index in [0.29, 0.717) is 0 Å². The van der Waals surface area contributed by atoms with Gasteiger partial charge in [-0.3, -0.25) is 9.59 Å². The Morgan fingerprint density at radius 3 is 2.41 bits per heavy atom. The van der Waals surface area contributed by atoms with Crippen molar-refractivity contribution in [2.45, 2.75) is 13.8 Å². The maximum Gasteiger partial charge on any atom is 0.340 e. The van der Waals surface area contributed by atoms with Gasteiger partial charge >= 0.3 is 5.97 Å². The number of rotatable bonds is 6. The second-order valence-corrected chi connectivity index (χ2v) is 5.52. The van der Waals surface area contributed by atoms with Gasteiger partial charge in [-0.25, -0.2) is 13.6 Å². The molecule has 142 valence electrons. The minimum atomic E-state index is -1.13. The molecule has 8 heteroatoms. The highest BCUT2D eigenvalue weighted by atomic mass is 19.2. The van der Waals surface area contributed by atoms with Gasteiger partial charge in [0.2, 0.25) is 11.8 Å². The fourth-order valence-corrected chi connectivity index (χ4v) is 2.35. The number of amides is 2. The lowest BCUT2D eigenvalue weighted by Crippen LogP contribution is -2.37. The van der Waals surface area contributed by atoms with Crippen LogP contribution >= 0.6 is 0 Å². The zero-order valence-corrected chi connectivity index (χ0v) is 14.8. The van der Waals surface area contributed by atoms with Crippen LogP contribution in [0.1, 0.15) is 24.2 Å². The van der Waals surface area contributed by atoms with E-state index >= 15 is 0 Å². The number of hydrogen-bond acceptors (Lipinski definition) is 4. The van der Waals surface area contributed by atoms with Crippen molar-refractivity contribution >= 4 is 29.2 Å². The molecule has 0 fully saturated rings. The summed E-state index contributed by atoms with van der Waals surface area (Å²) in [7, 11) is 0. The molecule has 0 saturated carbocycles. The third kappa shape index (κ3) is 5.10. The number of benzene rings is 2. The molecular weight excluding hydrogens is 358 g/mol. The molecule has 2 amide bonds. The van der Waals surface area contributed by atoms with Crippen LogP contribution in [0.2, 0.25) is 0 Å². The first-order chi connectivity index (χ1) is 12.8. The molecule has 0 saturated heterocycles. The van der Waals surface area contributed by atoms with E-state index in [-0.39, 0.29) is 23.5 Å². The summed E-state index contributed by atoms with van der Waals surface area (Å²) in [5, 5.41) is 2.53. The lowest BCUT2D eigenvalue weighted by atomic mass is 10.1. The van der Waals surface area contributed by atoms with Crippen LogP contribution in [0.4, 0.5) is 20.2 Å². The van der Waals surface area contributed by atoms with Crippen LogP contribution in [0.3, 0.4) is 0 Å². The number of anilines is 2. The van der Waals surface area contributed by atoms with E-state index in [9.17, 15) is 23.2 Å². The number of halogens is 2. The molecule has 27 heavy (non-hydrogen) atoms. The van der Waals surface area contributed by atoms with Crippen molar-refractivity contribution in [2.75, 3.05) is 23.4 Å². The predicted molar refractivity (Wildman–Crippen MR) is 95.4 cm³/mol. The number of nitrogens with one attached hydrogen (secondary N) is 1. The van der Waals surface area contributed by atoms with Crippen LogP contribution in [-0.2, 0) is 14.3 Å². The first kappa shape index (κ1) is 20.0. The Bertz CT molecular complexity index is 871. The van der Waals surface area contributed by atoms with Crippen molar-refractivity contribution in [2.24, 2.45) is 0 Å². The summed E-state index contributed by atoms with van der Waals surface area (Å²) in [4.78, 5) is 37.1. The van der Waals surface area contributed by atoms with Gasteiger partial charge in [0.1, 0.15) is 6.54 Å². The van der Waals surface area contributed by atoms with Gasteiger partial charge in [-0.05, 0) is 31.2 Å². The largest absolute Gasteiger partial charge is 0.462 e. The van der Waals surface area contributed by atoms with Crippen LogP contribution in [-0.4, -0.2) is 30.9 Å². The highest BCUT2D eigenvalue weighted by Gasteiger charge is 2.19. The zero-order valence-electron chi connectivity index (χ0n) is 14.8. The third-order valence-electron chi connectivity index (χ3n) is 3.59. The first-order valence-corrected chi connectivity index (χ1v) is 8.12. The van der Waals surface area contributed by atoms with Crippen LogP contribution < -0.4 is 10.2 Å². The van der Waals surface area contributed by atoms with Gasteiger partial charge in [0.15, 0.2) is 11.6 Å². The third-order valence-corrected chi connectivity index (χ3v) is 3.59. The molecule has 0 bridgehead atoms. The van der Waals surface area contributed by atoms with E-state index in [1.807, 2.05) is 0 Å². The van der Waals surface area contributed by atoms with Gasteiger partial charge in [0.25, 0.3) is 0 Å². The summed E-state index contributed by atoms with van der Waals surface area (Å²) < 4.78 is 31.5. The monoisotopic (exact) mass is 376 g/mol. The molecule has 0 atom stereocenters. The lowest BCUT2D eigenvalue weighted by molar-refractivity contribution is -0.120. The van der Waals surface area contributed by atoms with Crippen LogP contribution in [0.5, 0.6) is 0 Å². The quantitative estimate of drug-likeness (QED) is 0.786. The van der Waals surface area contributed by atoms with E-state index < -0.39 is 36.0 Å². The summed E-state index contributed by atoms with van der Waals surface area (Å²) >= 11 is 0. The predicted octanol–water partition coefficient (Wildman–Crippen LogP) is 3.13. The highest BCUT2D eigenvalue weighted by molar-refractivity contribution is 6.05. The molecule has 1 N–H and O–H groups in total.